The normalized spacial score (nSPS) is 12.8. The largest absolute Gasteiger partial charge is 0.392 e. The highest BCUT2D eigenvalue weighted by molar-refractivity contribution is 7.17. The van der Waals surface area contributed by atoms with Crippen LogP contribution in [0, 0.1) is 0 Å². The molecule has 5 heteroatoms. The van der Waals surface area contributed by atoms with Gasteiger partial charge in [-0.15, -0.1) is 11.3 Å². The van der Waals surface area contributed by atoms with Crippen LogP contribution in [0.5, 0.6) is 0 Å². The van der Waals surface area contributed by atoms with Gasteiger partial charge in [-0.3, -0.25) is 4.79 Å². The zero-order chi connectivity index (χ0) is 17.6. The van der Waals surface area contributed by atoms with Gasteiger partial charge in [-0.1, -0.05) is 30.3 Å². The number of hydrogen-bond acceptors (Lipinski definition) is 4. The molecule has 0 fully saturated rings. The molecule has 2 aromatic heterocycles. The second-order valence-corrected chi connectivity index (χ2v) is 7.12. The number of rotatable bonds is 3. The molecule has 4 aromatic rings. The van der Waals surface area contributed by atoms with E-state index in [1.807, 2.05) is 54.8 Å². The van der Waals surface area contributed by atoms with Crippen molar-refractivity contribution < 1.29 is 5.11 Å². The summed E-state index contributed by atoms with van der Waals surface area (Å²) in [5.41, 5.74) is 10.5. The highest BCUT2D eigenvalue weighted by atomic mass is 32.1. The Labute approximate surface area is 148 Å². The van der Waals surface area contributed by atoms with Crippen molar-refractivity contribution in [3.05, 3.63) is 69.3 Å². The molecule has 0 unspecified atom stereocenters. The minimum atomic E-state index is -0.0764. The Hall–Kier alpha value is -2.47. The molecular weight excluding hydrogens is 332 g/mol. The van der Waals surface area contributed by atoms with E-state index in [9.17, 15) is 9.90 Å². The first-order valence-corrected chi connectivity index (χ1v) is 9.00. The monoisotopic (exact) mass is 350 g/mol. The Bertz CT molecular complexity index is 1120. The molecule has 126 valence electrons. The van der Waals surface area contributed by atoms with E-state index >= 15 is 0 Å². The first-order valence-electron chi connectivity index (χ1n) is 8.12. The lowest BCUT2D eigenvalue weighted by Crippen LogP contribution is -2.06. The van der Waals surface area contributed by atoms with Crippen LogP contribution in [0.15, 0.2) is 52.6 Å². The number of aromatic amines is 1. The summed E-state index contributed by atoms with van der Waals surface area (Å²) in [6, 6.07) is 13.7. The molecule has 1 atom stereocenters. The van der Waals surface area contributed by atoms with E-state index in [1.165, 1.54) is 11.3 Å². The Morgan fingerprint density at radius 3 is 2.60 bits per heavy atom. The smallest absolute Gasteiger partial charge is 0.266 e. The molecule has 0 spiro atoms. The van der Waals surface area contributed by atoms with E-state index in [-0.39, 0.29) is 18.2 Å². The molecule has 0 saturated carbocycles. The molecule has 4 N–H and O–H groups in total. The molecule has 2 aromatic carbocycles. The highest BCUT2D eigenvalue weighted by Crippen LogP contribution is 2.36. The number of nitrogens with one attached hydrogen (secondary N) is 1. The van der Waals surface area contributed by atoms with E-state index in [1.54, 1.807) is 0 Å². The second-order valence-electron chi connectivity index (χ2n) is 6.21. The van der Waals surface area contributed by atoms with Crippen molar-refractivity contribution in [2.45, 2.75) is 19.6 Å². The fraction of sp³-hybridized carbons (Fsp3) is 0.150. The Morgan fingerprint density at radius 1 is 1.16 bits per heavy atom. The number of pyridine rings is 1. The maximum atomic E-state index is 12.3. The van der Waals surface area contributed by atoms with E-state index in [4.69, 9.17) is 5.73 Å². The van der Waals surface area contributed by atoms with Crippen molar-refractivity contribution in [3.8, 4) is 11.1 Å². The number of benzene rings is 2. The average molecular weight is 350 g/mol. The van der Waals surface area contributed by atoms with E-state index in [2.05, 4.69) is 4.98 Å². The fourth-order valence-electron chi connectivity index (χ4n) is 3.31. The van der Waals surface area contributed by atoms with E-state index in [0.29, 0.717) is 4.70 Å². The van der Waals surface area contributed by atoms with E-state index < -0.39 is 0 Å². The van der Waals surface area contributed by atoms with E-state index in [0.717, 1.165) is 38.5 Å². The molecule has 0 saturated heterocycles. The zero-order valence-corrected chi connectivity index (χ0v) is 14.6. The molecule has 4 nitrogen and oxygen atoms in total. The topological polar surface area (TPSA) is 79.1 Å². The van der Waals surface area contributed by atoms with Crippen LogP contribution in [-0.2, 0) is 6.61 Å². The standard InChI is InChI=1S/C20H18N2O2S/c1-11(21)12-2-4-13(5-3-12)17-14(10-23)6-7-16-18(17)15-8-9-25-19(15)20(24)22-16/h2-9,11,23H,10,21H2,1H3,(H,22,24)/t11-/m0/s1. The van der Waals surface area contributed by atoms with Crippen LogP contribution < -0.4 is 11.3 Å². The SMILES string of the molecule is C[C@H](N)c1ccc(-c2c(CO)ccc3[nH]c(=O)c4sccc4c23)cc1. The Balaban J connectivity index is 2.10. The summed E-state index contributed by atoms with van der Waals surface area (Å²) in [7, 11) is 0. The molecule has 0 aliphatic heterocycles. The van der Waals surface area contributed by atoms with Gasteiger partial charge in [0.1, 0.15) is 4.70 Å². The molecule has 2 heterocycles. The number of thiophene rings is 1. The van der Waals surface area contributed by atoms with Crippen molar-refractivity contribution in [1.29, 1.82) is 0 Å². The van der Waals surface area contributed by atoms with Gasteiger partial charge in [0.2, 0.25) is 0 Å². The number of nitrogens with two attached hydrogens (primary N) is 1. The first-order chi connectivity index (χ1) is 12.1. The van der Waals surface area contributed by atoms with Gasteiger partial charge in [-0.05, 0) is 46.7 Å². The summed E-state index contributed by atoms with van der Waals surface area (Å²) in [4.78, 5) is 15.2. The van der Waals surface area contributed by atoms with Crippen LogP contribution in [0.3, 0.4) is 0 Å². The third-order valence-corrected chi connectivity index (χ3v) is 5.49. The van der Waals surface area contributed by atoms with Crippen molar-refractivity contribution >= 4 is 32.3 Å². The summed E-state index contributed by atoms with van der Waals surface area (Å²) >= 11 is 1.43. The summed E-state index contributed by atoms with van der Waals surface area (Å²) in [6.45, 7) is 1.89. The molecule has 25 heavy (non-hydrogen) atoms. The van der Waals surface area contributed by atoms with Crippen LogP contribution in [0.25, 0.3) is 32.1 Å². The summed E-state index contributed by atoms with van der Waals surface area (Å²) in [5.74, 6) is 0. The minimum Gasteiger partial charge on any atom is -0.392 e. The molecular formula is C20H18N2O2S. The maximum Gasteiger partial charge on any atom is 0.266 e. The quantitative estimate of drug-likeness (QED) is 0.524. The maximum absolute atomic E-state index is 12.3. The zero-order valence-electron chi connectivity index (χ0n) is 13.7. The molecule has 0 amide bonds. The second kappa shape index (κ2) is 6.11. The lowest BCUT2D eigenvalue weighted by molar-refractivity contribution is 0.282. The van der Waals surface area contributed by atoms with Gasteiger partial charge in [-0.2, -0.15) is 0 Å². The predicted octanol–water partition coefficient (Wildman–Crippen LogP) is 3.92. The van der Waals surface area contributed by atoms with Gasteiger partial charge >= 0.3 is 0 Å². The number of H-pyrrole nitrogens is 1. The van der Waals surface area contributed by atoms with Gasteiger partial charge in [0.05, 0.1) is 6.61 Å². The summed E-state index contributed by atoms with van der Waals surface area (Å²) < 4.78 is 0.705. The average Bonchev–Trinajstić information content (AvgIpc) is 3.11. The summed E-state index contributed by atoms with van der Waals surface area (Å²) in [5, 5.41) is 13.7. The number of aliphatic hydroxyl groups excluding tert-OH is 1. The van der Waals surface area contributed by atoms with Gasteiger partial charge in [0.15, 0.2) is 0 Å². The number of aliphatic hydroxyl groups is 1. The van der Waals surface area contributed by atoms with Gasteiger partial charge in [-0.25, -0.2) is 0 Å². The molecule has 4 rings (SSSR count). The molecule has 0 radical (unpaired) electrons. The third kappa shape index (κ3) is 2.57. The van der Waals surface area contributed by atoms with Gasteiger partial charge < -0.3 is 15.8 Å². The number of hydrogen-bond donors (Lipinski definition) is 3. The van der Waals surface area contributed by atoms with Crippen LogP contribution >= 0.6 is 11.3 Å². The Kier molecular flexibility index (Phi) is 3.92. The fourth-order valence-corrected chi connectivity index (χ4v) is 4.10. The number of fused-ring (bicyclic) bond motifs is 3. The third-order valence-electron chi connectivity index (χ3n) is 4.58. The van der Waals surface area contributed by atoms with Crippen LogP contribution in [0.1, 0.15) is 24.1 Å². The first kappa shape index (κ1) is 16.0. The predicted molar refractivity (Wildman–Crippen MR) is 104 cm³/mol. The van der Waals surface area contributed by atoms with Crippen LogP contribution in [0.2, 0.25) is 0 Å². The summed E-state index contributed by atoms with van der Waals surface area (Å²) in [6.07, 6.45) is 0. The van der Waals surface area contributed by atoms with Crippen molar-refractivity contribution in [2.24, 2.45) is 5.73 Å². The van der Waals surface area contributed by atoms with Gasteiger partial charge in [0.25, 0.3) is 5.56 Å². The van der Waals surface area contributed by atoms with Crippen LogP contribution in [0.4, 0.5) is 0 Å². The molecule has 0 aliphatic carbocycles. The number of aromatic nitrogens is 1. The highest BCUT2D eigenvalue weighted by Gasteiger charge is 2.15. The lowest BCUT2D eigenvalue weighted by atomic mass is 9.92. The Morgan fingerprint density at radius 2 is 1.92 bits per heavy atom. The lowest BCUT2D eigenvalue weighted by Gasteiger charge is -2.14. The van der Waals surface area contributed by atoms with Crippen molar-refractivity contribution in [3.63, 3.8) is 0 Å². The van der Waals surface area contributed by atoms with Gasteiger partial charge in [0, 0.05) is 22.3 Å². The van der Waals surface area contributed by atoms with Crippen molar-refractivity contribution in [2.75, 3.05) is 0 Å². The van der Waals surface area contributed by atoms with Crippen LogP contribution in [-0.4, -0.2) is 10.1 Å². The van der Waals surface area contributed by atoms with Crippen molar-refractivity contribution in [1.82, 2.24) is 4.98 Å². The molecule has 0 aliphatic rings. The molecule has 0 bridgehead atoms. The minimum absolute atomic E-state index is 0.0289.